The van der Waals surface area contributed by atoms with Gasteiger partial charge in [-0.2, -0.15) is 0 Å². The maximum absolute atomic E-state index is 11.7. The van der Waals surface area contributed by atoms with Crippen molar-refractivity contribution < 1.29 is 24.2 Å². The second kappa shape index (κ2) is 6.58. The number of anilines is 1. The summed E-state index contributed by atoms with van der Waals surface area (Å²) in [5, 5.41) is 12.1. The summed E-state index contributed by atoms with van der Waals surface area (Å²) in [5.41, 5.74) is 1.04. The van der Waals surface area contributed by atoms with Crippen molar-refractivity contribution in [3.8, 4) is 0 Å². The fraction of sp³-hybridized carbons (Fsp3) is 0.529. The summed E-state index contributed by atoms with van der Waals surface area (Å²) in [6.45, 7) is 7.34. The largest absolute Gasteiger partial charge is 0.460 e. The first-order valence-electron chi connectivity index (χ1n) is 7.64. The molecule has 0 saturated carbocycles. The van der Waals surface area contributed by atoms with Crippen LogP contribution in [-0.4, -0.2) is 35.0 Å². The van der Waals surface area contributed by atoms with Gasteiger partial charge in [0, 0.05) is 18.0 Å². The van der Waals surface area contributed by atoms with E-state index in [2.05, 4.69) is 5.32 Å². The molecule has 0 bridgehead atoms. The van der Waals surface area contributed by atoms with Crippen molar-refractivity contribution in [3.63, 3.8) is 0 Å². The Morgan fingerprint density at radius 2 is 1.96 bits per heavy atom. The molecule has 1 fully saturated rings. The van der Waals surface area contributed by atoms with Crippen molar-refractivity contribution in [2.45, 2.75) is 57.8 Å². The van der Waals surface area contributed by atoms with E-state index in [1.807, 2.05) is 19.1 Å². The average Bonchev–Trinajstić information content (AvgIpc) is 2.76. The lowest BCUT2D eigenvalue weighted by Gasteiger charge is -2.20. The van der Waals surface area contributed by atoms with Gasteiger partial charge in [-0.25, -0.2) is 9.59 Å². The molecule has 1 aliphatic rings. The lowest BCUT2D eigenvalue weighted by atomic mass is 9.93. The van der Waals surface area contributed by atoms with Crippen molar-refractivity contribution in [3.05, 3.63) is 29.8 Å². The van der Waals surface area contributed by atoms with Gasteiger partial charge in [-0.1, -0.05) is 19.1 Å². The molecule has 1 amide bonds. The van der Waals surface area contributed by atoms with Crippen LogP contribution in [0.15, 0.2) is 24.3 Å². The molecule has 1 aromatic rings. The number of aliphatic hydroxyl groups is 1. The number of aliphatic hydroxyl groups excluding tert-OH is 1. The van der Waals surface area contributed by atoms with E-state index in [-0.39, 0.29) is 12.0 Å². The lowest BCUT2D eigenvalue weighted by molar-refractivity contribution is -0.147. The van der Waals surface area contributed by atoms with Gasteiger partial charge in [0.25, 0.3) is 0 Å². The second-order valence-corrected chi connectivity index (χ2v) is 6.76. The molecule has 126 valence electrons. The first kappa shape index (κ1) is 17.3. The van der Waals surface area contributed by atoms with Gasteiger partial charge in [0.05, 0.1) is 0 Å². The number of hydrogen-bond acceptors (Lipinski definition) is 5. The highest BCUT2D eigenvalue weighted by atomic mass is 16.6. The minimum Gasteiger partial charge on any atom is -0.460 e. The van der Waals surface area contributed by atoms with Crippen LogP contribution in [0.5, 0.6) is 0 Å². The minimum absolute atomic E-state index is 0.0355. The van der Waals surface area contributed by atoms with Crippen LogP contribution < -0.4 is 5.32 Å². The third-order valence-corrected chi connectivity index (χ3v) is 3.63. The number of carbonyl (C=O) groups excluding carboxylic acids is 2. The van der Waals surface area contributed by atoms with E-state index < -0.39 is 23.8 Å². The Hall–Kier alpha value is -2.08. The number of amides is 1. The van der Waals surface area contributed by atoms with E-state index in [0.29, 0.717) is 12.1 Å². The molecule has 2 N–H and O–H groups in total. The molecular formula is C17H23NO5. The molecule has 0 spiro atoms. The third-order valence-electron chi connectivity index (χ3n) is 3.63. The summed E-state index contributed by atoms with van der Waals surface area (Å²) in [7, 11) is 0. The summed E-state index contributed by atoms with van der Waals surface area (Å²) in [4.78, 5) is 23.0. The Labute approximate surface area is 135 Å². The highest BCUT2D eigenvalue weighted by molar-refractivity contribution is 5.84. The number of rotatable bonds is 3. The SMILES string of the molecule is C[C@H](c1ccc(NC(=O)OC(C)(C)C)cc1)[C@H]1C[C@@H](O)C(=O)O1. The number of hydrogen-bond donors (Lipinski definition) is 2. The first-order valence-corrected chi connectivity index (χ1v) is 7.64. The molecule has 0 radical (unpaired) electrons. The van der Waals surface area contributed by atoms with Gasteiger partial charge < -0.3 is 14.6 Å². The monoisotopic (exact) mass is 321 g/mol. The highest BCUT2D eigenvalue weighted by Gasteiger charge is 2.36. The zero-order valence-corrected chi connectivity index (χ0v) is 13.8. The van der Waals surface area contributed by atoms with Gasteiger partial charge in [-0.3, -0.25) is 5.32 Å². The van der Waals surface area contributed by atoms with Crippen molar-refractivity contribution >= 4 is 17.7 Å². The van der Waals surface area contributed by atoms with Crippen LogP contribution in [0, 0.1) is 0 Å². The molecule has 1 aromatic carbocycles. The lowest BCUT2D eigenvalue weighted by Crippen LogP contribution is -2.27. The molecule has 6 heteroatoms. The Kier molecular flexibility index (Phi) is 4.94. The Balaban J connectivity index is 1.97. The quantitative estimate of drug-likeness (QED) is 0.836. The summed E-state index contributed by atoms with van der Waals surface area (Å²) < 4.78 is 10.3. The van der Waals surface area contributed by atoms with E-state index in [1.54, 1.807) is 32.9 Å². The maximum Gasteiger partial charge on any atom is 0.412 e. The zero-order valence-electron chi connectivity index (χ0n) is 13.8. The van der Waals surface area contributed by atoms with E-state index in [9.17, 15) is 14.7 Å². The van der Waals surface area contributed by atoms with Crippen molar-refractivity contribution in [2.24, 2.45) is 0 Å². The first-order chi connectivity index (χ1) is 10.7. The Morgan fingerprint density at radius 1 is 1.35 bits per heavy atom. The Morgan fingerprint density at radius 3 is 2.43 bits per heavy atom. The predicted molar refractivity (Wildman–Crippen MR) is 85.2 cm³/mol. The summed E-state index contributed by atoms with van der Waals surface area (Å²) in [6, 6.07) is 7.25. The summed E-state index contributed by atoms with van der Waals surface area (Å²) >= 11 is 0. The van der Waals surface area contributed by atoms with E-state index in [1.165, 1.54) is 0 Å². The molecule has 1 aliphatic heterocycles. The number of ether oxygens (including phenoxy) is 2. The van der Waals surface area contributed by atoms with E-state index >= 15 is 0 Å². The topological polar surface area (TPSA) is 84.9 Å². The van der Waals surface area contributed by atoms with Gasteiger partial charge >= 0.3 is 12.1 Å². The second-order valence-electron chi connectivity index (χ2n) is 6.76. The maximum atomic E-state index is 11.7. The van der Waals surface area contributed by atoms with Crippen LogP contribution in [0.4, 0.5) is 10.5 Å². The molecule has 0 aliphatic carbocycles. The van der Waals surface area contributed by atoms with Crippen LogP contribution in [0.1, 0.15) is 45.6 Å². The Bertz CT molecular complexity index is 576. The van der Waals surface area contributed by atoms with Crippen molar-refractivity contribution in [1.82, 2.24) is 0 Å². The molecule has 0 aromatic heterocycles. The van der Waals surface area contributed by atoms with Gasteiger partial charge in [0.1, 0.15) is 11.7 Å². The fourth-order valence-electron chi connectivity index (χ4n) is 2.40. The fourth-order valence-corrected chi connectivity index (χ4v) is 2.40. The van der Waals surface area contributed by atoms with Crippen molar-refractivity contribution in [1.29, 1.82) is 0 Å². The van der Waals surface area contributed by atoms with E-state index in [0.717, 1.165) is 5.56 Å². The van der Waals surface area contributed by atoms with Crippen LogP contribution >= 0.6 is 0 Å². The van der Waals surface area contributed by atoms with Crippen LogP contribution in [0.3, 0.4) is 0 Å². The summed E-state index contributed by atoms with van der Waals surface area (Å²) in [6.07, 6.45) is -1.57. The summed E-state index contributed by atoms with van der Waals surface area (Å²) in [5.74, 6) is -0.600. The number of nitrogens with one attached hydrogen (secondary N) is 1. The van der Waals surface area contributed by atoms with Gasteiger partial charge in [-0.15, -0.1) is 0 Å². The molecular weight excluding hydrogens is 298 g/mol. The molecule has 0 unspecified atom stereocenters. The molecule has 1 saturated heterocycles. The van der Waals surface area contributed by atoms with Crippen LogP contribution in [-0.2, 0) is 14.3 Å². The molecule has 6 nitrogen and oxygen atoms in total. The normalized spacial score (nSPS) is 22.4. The number of esters is 1. The smallest absolute Gasteiger partial charge is 0.412 e. The van der Waals surface area contributed by atoms with Gasteiger partial charge in [0.2, 0.25) is 0 Å². The third kappa shape index (κ3) is 4.69. The molecule has 1 heterocycles. The average molecular weight is 321 g/mol. The standard InChI is InChI=1S/C17H23NO5/c1-10(14-9-13(19)15(20)22-14)11-5-7-12(8-6-11)18-16(21)23-17(2,3)4/h5-8,10,13-14,19H,9H2,1-4H3,(H,18,21)/t10-,13-,14-/m1/s1. The van der Waals surface area contributed by atoms with Crippen LogP contribution in [0.2, 0.25) is 0 Å². The predicted octanol–water partition coefficient (Wildman–Crippen LogP) is 2.81. The minimum atomic E-state index is -1.03. The number of cyclic esters (lactones) is 1. The number of carbonyl (C=O) groups is 2. The molecule has 3 atom stereocenters. The number of benzene rings is 1. The highest BCUT2D eigenvalue weighted by Crippen LogP contribution is 2.30. The van der Waals surface area contributed by atoms with Crippen LogP contribution in [0.25, 0.3) is 0 Å². The molecule has 2 rings (SSSR count). The van der Waals surface area contributed by atoms with Gasteiger partial charge in [-0.05, 0) is 38.5 Å². The van der Waals surface area contributed by atoms with Crippen molar-refractivity contribution in [2.75, 3.05) is 5.32 Å². The molecule has 23 heavy (non-hydrogen) atoms. The van der Waals surface area contributed by atoms with E-state index in [4.69, 9.17) is 9.47 Å². The zero-order chi connectivity index (χ0) is 17.2. The van der Waals surface area contributed by atoms with Gasteiger partial charge in [0.15, 0.2) is 6.10 Å².